The molecule has 0 aliphatic carbocycles. The molecule has 3 rings (SSSR count). The van der Waals surface area contributed by atoms with Gasteiger partial charge in [0.15, 0.2) is 0 Å². The van der Waals surface area contributed by atoms with Gasteiger partial charge in [-0.25, -0.2) is 0 Å². The lowest BCUT2D eigenvalue weighted by Gasteiger charge is -2.28. The first kappa shape index (κ1) is 12.4. The Kier molecular flexibility index (Phi) is 3.34. The van der Waals surface area contributed by atoms with Crippen molar-refractivity contribution < 1.29 is 4.74 Å². The molecule has 19 heavy (non-hydrogen) atoms. The van der Waals surface area contributed by atoms with Crippen LogP contribution in [0.15, 0.2) is 42.5 Å². The summed E-state index contributed by atoms with van der Waals surface area (Å²) in [5.41, 5.74) is 3.67. The molecule has 1 N–H and O–H groups in total. The lowest BCUT2D eigenvalue weighted by molar-refractivity contribution is 0.414. The molecule has 0 fully saturated rings. The van der Waals surface area contributed by atoms with E-state index in [-0.39, 0.29) is 0 Å². The van der Waals surface area contributed by atoms with Gasteiger partial charge < -0.3 is 10.1 Å². The molecule has 2 aromatic carbocycles. The largest absolute Gasteiger partial charge is 0.497 e. The van der Waals surface area contributed by atoms with Crippen LogP contribution in [0.2, 0.25) is 5.02 Å². The first-order chi connectivity index (χ1) is 9.28. The molecule has 0 saturated carbocycles. The minimum Gasteiger partial charge on any atom is -0.497 e. The topological polar surface area (TPSA) is 21.3 Å². The van der Waals surface area contributed by atoms with Crippen LogP contribution >= 0.6 is 11.6 Å². The highest BCUT2D eigenvalue weighted by molar-refractivity contribution is 6.31. The third kappa shape index (κ3) is 2.41. The van der Waals surface area contributed by atoms with E-state index in [2.05, 4.69) is 23.5 Å². The third-order valence-corrected chi connectivity index (χ3v) is 4.00. The Bertz CT molecular complexity index is 580. The molecule has 0 amide bonds. The van der Waals surface area contributed by atoms with Crippen LogP contribution in [0.1, 0.15) is 23.6 Å². The van der Waals surface area contributed by atoms with E-state index in [9.17, 15) is 0 Å². The maximum absolute atomic E-state index is 6.22. The molecule has 1 heterocycles. The molecule has 0 spiro atoms. The van der Waals surface area contributed by atoms with E-state index in [4.69, 9.17) is 16.3 Å². The summed E-state index contributed by atoms with van der Waals surface area (Å²) in [6, 6.07) is 14.6. The van der Waals surface area contributed by atoms with Crippen LogP contribution in [0.3, 0.4) is 0 Å². The van der Waals surface area contributed by atoms with Gasteiger partial charge in [0, 0.05) is 10.7 Å². The summed E-state index contributed by atoms with van der Waals surface area (Å²) in [6.45, 7) is 0. The number of halogens is 1. The molecule has 2 aromatic rings. The number of benzene rings is 2. The van der Waals surface area contributed by atoms with Crippen LogP contribution in [0, 0.1) is 0 Å². The molecule has 1 aliphatic rings. The fraction of sp³-hybridized carbons (Fsp3) is 0.250. The van der Waals surface area contributed by atoms with E-state index in [1.54, 1.807) is 7.11 Å². The molecule has 0 saturated heterocycles. The van der Waals surface area contributed by atoms with Crippen molar-refractivity contribution in [3.63, 3.8) is 0 Å². The minimum atomic E-state index is 0.344. The zero-order valence-corrected chi connectivity index (χ0v) is 11.6. The van der Waals surface area contributed by atoms with Crippen molar-refractivity contribution in [2.45, 2.75) is 18.9 Å². The van der Waals surface area contributed by atoms with Crippen molar-refractivity contribution in [2.75, 3.05) is 12.4 Å². The molecule has 1 atom stereocenters. The maximum atomic E-state index is 6.22. The Morgan fingerprint density at radius 3 is 2.68 bits per heavy atom. The summed E-state index contributed by atoms with van der Waals surface area (Å²) in [6.07, 6.45) is 2.07. The normalized spacial score (nSPS) is 17.5. The van der Waals surface area contributed by atoms with Crippen LogP contribution in [0.25, 0.3) is 0 Å². The Morgan fingerprint density at radius 2 is 1.95 bits per heavy atom. The molecule has 2 nitrogen and oxygen atoms in total. The number of fused-ring (bicyclic) bond motifs is 1. The van der Waals surface area contributed by atoms with Crippen LogP contribution in [0.4, 0.5) is 5.69 Å². The number of rotatable bonds is 2. The maximum Gasteiger partial charge on any atom is 0.118 e. The quantitative estimate of drug-likeness (QED) is 0.873. The fourth-order valence-corrected chi connectivity index (χ4v) is 2.85. The van der Waals surface area contributed by atoms with Crippen molar-refractivity contribution >= 4 is 17.3 Å². The summed E-state index contributed by atoms with van der Waals surface area (Å²) in [7, 11) is 1.69. The summed E-state index contributed by atoms with van der Waals surface area (Å²) in [5.74, 6) is 0.892. The molecule has 3 heteroatoms. The van der Waals surface area contributed by atoms with Crippen molar-refractivity contribution in [1.82, 2.24) is 0 Å². The Hall–Kier alpha value is -1.67. The molecular formula is C16H16ClNO. The highest BCUT2D eigenvalue weighted by Crippen LogP contribution is 2.36. The SMILES string of the molecule is COc1ccc([C@@H]2CCc3c(Cl)cccc3N2)cc1. The number of anilines is 1. The predicted molar refractivity (Wildman–Crippen MR) is 79.1 cm³/mol. The molecule has 1 aliphatic heterocycles. The zero-order valence-electron chi connectivity index (χ0n) is 10.8. The summed E-state index contributed by atoms with van der Waals surface area (Å²) in [5, 5.41) is 4.43. The number of nitrogens with one attached hydrogen (secondary N) is 1. The van der Waals surface area contributed by atoms with Gasteiger partial charge in [-0.3, -0.25) is 0 Å². The van der Waals surface area contributed by atoms with Crippen LogP contribution in [-0.4, -0.2) is 7.11 Å². The average Bonchev–Trinajstić information content (AvgIpc) is 2.47. The van der Waals surface area contributed by atoms with E-state index in [1.807, 2.05) is 24.3 Å². The zero-order chi connectivity index (χ0) is 13.2. The predicted octanol–water partition coefficient (Wildman–Crippen LogP) is 4.45. The van der Waals surface area contributed by atoms with Gasteiger partial charge in [0.05, 0.1) is 13.2 Å². The first-order valence-electron chi connectivity index (χ1n) is 6.46. The van der Waals surface area contributed by atoms with Gasteiger partial charge in [0.2, 0.25) is 0 Å². The highest BCUT2D eigenvalue weighted by Gasteiger charge is 2.20. The van der Waals surface area contributed by atoms with E-state index < -0.39 is 0 Å². The summed E-state index contributed by atoms with van der Waals surface area (Å²) >= 11 is 6.22. The van der Waals surface area contributed by atoms with Crippen LogP contribution in [0.5, 0.6) is 5.75 Å². The van der Waals surface area contributed by atoms with Crippen molar-refractivity contribution in [3.05, 3.63) is 58.6 Å². The number of hydrogen-bond donors (Lipinski definition) is 1. The fourth-order valence-electron chi connectivity index (χ4n) is 2.58. The molecule has 0 radical (unpaired) electrons. The van der Waals surface area contributed by atoms with Crippen molar-refractivity contribution in [2.24, 2.45) is 0 Å². The lowest BCUT2D eigenvalue weighted by Crippen LogP contribution is -2.18. The molecule has 0 aromatic heterocycles. The van der Waals surface area contributed by atoms with Crippen molar-refractivity contribution in [1.29, 1.82) is 0 Å². The average molecular weight is 274 g/mol. The van der Waals surface area contributed by atoms with E-state index in [0.29, 0.717) is 6.04 Å². The smallest absolute Gasteiger partial charge is 0.118 e. The number of hydrogen-bond acceptors (Lipinski definition) is 2. The standard InChI is InChI=1S/C16H16ClNO/c1-19-12-7-5-11(6-8-12)15-10-9-13-14(17)3-2-4-16(13)18-15/h2-8,15,18H,9-10H2,1H3/t15-/m0/s1. The summed E-state index contributed by atoms with van der Waals surface area (Å²) < 4.78 is 5.19. The highest BCUT2D eigenvalue weighted by atomic mass is 35.5. The van der Waals surface area contributed by atoms with E-state index in [1.165, 1.54) is 11.1 Å². The van der Waals surface area contributed by atoms with Gasteiger partial charge >= 0.3 is 0 Å². The van der Waals surface area contributed by atoms with Crippen molar-refractivity contribution in [3.8, 4) is 5.75 Å². The van der Waals surface area contributed by atoms with Gasteiger partial charge in [-0.2, -0.15) is 0 Å². The van der Waals surface area contributed by atoms with Gasteiger partial charge in [-0.1, -0.05) is 29.8 Å². The second kappa shape index (κ2) is 5.14. The second-order valence-electron chi connectivity index (χ2n) is 4.77. The van der Waals surface area contributed by atoms with Crippen LogP contribution < -0.4 is 10.1 Å². The van der Waals surface area contributed by atoms with Gasteiger partial charge in [-0.15, -0.1) is 0 Å². The lowest BCUT2D eigenvalue weighted by atomic mass is 9.93. The van der Waals surface area contributed by atoms with E-state index in [0.717, 1.165) is 29.3 Å². The molecule has 98 valence electrons. The van der Waals surface area contributed by atoms with Crippen LogP contribution in [-0.2, 0) is 6.42 Å². The molecule has 0 unspecified atom stereocenters. The monoisotopic (exact) mass is 273 g/mol. The van der Waals surface area contributed by atoms with E-state index >= 15 is 0 Å². The summed E-state index contributed by atoms with van der Waals surface area (Å²) in [4.78, 5) is 0. The second-order valence-corrected chi connectivity index (χ2v) is 5.18. The number of ether oxygens (including phenoxy) is 1. The minimum absolute atomic E-state index is 0.344. The Labute approximate surface area is 118 Å². The van der Waals surface area contributed by atoms with Gasteiger partial charge in [0.25, 0.3) is 0 Å². The molecule has 0 bridgehead atoms. The van der Waals surface area contributed by atoms with Gasteiger partial charge in [-0.05, 0) is 48.2 Å². The first-order valence-corrected chi connectivity index (χ1v) is 6.83. The molecular weight excluding hydrogens is 258 g/mol. The Balaban J connectivity index is 1.85. The number of methoxy groups -OCH3 is 1. The third-order valence-electron chi connectivity index (χ3n) is 3.65. The van der Waals surface area contributed by atoms with Gasteiger partial charge in [0.1, 0.15) is 5.75 Å². The Morgan fingerprint density at radius 1 is 1.16 bits per heavy atom.